The minimum atomic E-state index is 0.146. The topological polar surface area (TPSA) is 13.1 Å². The van der Waals surface area contributed by atoms with E-state index in [2.05, 4.69) is 50.2 Å². The van der Waals surface area contributed by atoms with E-state index in [1.54, 1.807) is 11.3 Å². The van der Waals surface area contributed by atoms with Gasteiger partial charge in [-0.2, -0.15) is 0 Å². The number of alkyl halides is 1. The van der Waals surface area contributed by atoms with Crippen molar-refractivity contribution in [2.45, 2.75) is 18.2 Å². The van der Waals surface area contributed by atoms with E-state index in [-0.39, 0.29) is 4.83 Å². The van der Waals surface area contributed by atoms with Gasteiger partial charge in [0.1, 0.15) is 16.3 Å². The van der Waals surface area contributed by atoms with Gasteiger partial charge in [-0.05, 0) is 39.5 Å². The molecule has 1 nitrogen and oxygen atoms in total. The average Bonchev–Trinajstić information content (AvgIpc) is 2.84. The van der Waals surface area contributed by atoms with Crippen LogP contribution in [0.15, 0.2) is 32.5 Å². The molecule has 0 aromatic carbocycles. The smallest absolute Gasteiger partial charge is 0.123 e. The van der Waals surface area contributed by atoms with E-state index in [4.69, 9.17) is 4.42 Å². The number of thiophene rings is 1. The Morgan fingerprint density at radius 2 is 2.20 bits per heavy atom. The lowest BCUT2D eigenvalue weighted by molar-refractivity contribution is 0.478. The number of hydrogen-bond acceptors (Lipinski definition) is 2. The molecule has 2 heterocycles. The molecule has 1 atom stereocenters. The van der Waals surface area contributed by atoms with Crippen LogP contribution in [0, 0.1) is 0 Å². The predicted octanol–water partition coefficient (Wildman–Crippen LogP) is 5.15. The summed E-state index contributed by atoms with van der Waals surface area (Å²) in [6.45, 7) is 2.09. The van der Waals surface area contributed by atoms with Crippen LogP contribution in [0.5, 0.6) is 0 Å². The molecule has 0 saturated heterocycles. The van der Waals surface area contributed by atoms with Gasteiger partial charge in [-0.3, -0.25) is 0 Å². The Hall–Kier alpha value is -0.0600. The van der Waals surface area contributed by atoms with Crippen molar-refractivity contribution in [3.05, 3.63) is 44.4 Å². The van der Waals surface area contributed by atoms with E-state index in [1.165, 1.54) is 4.88 Å². The van der Waals surface area contributed by atoms with Crippen molar-refractivity contribution in [3.63, 3.8) is 0 Å². The number of halogens is 2. The van der Waals surface area contributed by atoms with Gasteiger partial charge < -0.3 is 4.42 Å². The Morgan fingerprint density at radius 3 is 2.73 bits per heavy atom. The molecule has 0 N–H and O–H groups in total. The zero-order valence-electron chi connectivity index (χ0n) is 8.17. The maximum Gasteiger partial charge on any atom is 0.123 e. The first-order chi connectivity index (χ1) is 7.22. The maximum absolute atomic E-state index is 5.71. The van der Waals surface area contributed by atoms with Crippen molar-refractivity contribution in [1.82, 2.24) is 0 Å². The lowest BCUT2D eigenvalue weighted by Gasteiger charge is -2.04. The molecule has 0 spiro atoms. The lowest BCUT2D eigenvalue weighted by atomic mass is 10.3. The summed E-state index contributed by atoms with van der Waals surface area (Å²) in [5.74, 6) is 2.00. The summed E-state index contributed by atoms with van der Waals surface area (Å²) < 4.78 is 6.84. The van der Waals surface area contributed by atoms with E-state index in [0.29, 0.717) is 0 Å². The molecule has 0 radical (unpaired) electrons. The maximum atomic E-state index is 5.71. The highest BCUT2D eigenvalue weighted by atomic mass is 79.9. The van der Waals surface area contributed by atoms with E-state index in [1.807, 2.05) is 12.1 Å². The van der Waals surface area contributed by atoms with Crippen molar-refractivity contribution in [2.24, 2.45) is 0 Å². The second-order valence-corrected chi connectivity index (χ2v) is 5.87. The summed E-state index contributed by atoms with van der Waals surface area (Å²) in [5, 5.41) is 2.07. The molecule has 0 aliphatic heterocycles. The summed E-state index contributed by atoms with van der Waals surface area (Å²) in [5.41, 5.74) is 0. The van der Waals surface area contributed by atoms with Crippen LogP contribution in [0.2, 0.25) is 0 Å². The van der Waals surface area contributed by atoms with Crippen LogP contribution in [0.25, 0.3) is 0 Å². The Balaban J connectivity index is 2.28. The molecule has 2 rings (SSSR count). The molecule has 0 amide bonds. The van der Waals surface area contributed by atoms with Crippen LogP contribution in [-0.2, 0) is 6.42 Å². The van der Waals surface area contributed by atoms with E-state index in [9.17, 15) is 0 Å². The summed E-state index contributed by atoms with van der Waals surface area (Å²) in [4.78, 5) is 1.39. The third-order valence-corrected chi connectivity index (χ3v) is 5.30. The summed E-state index contributed by atoms with van der Waals surface area (Å²) in [6, 6.07) is 6.12. The number of rotatable bonds is 3. The third kappa shape index (κ3) is 2.37. The van der Waals surface area contributed by atoms with Gasteiger partial charge in [-0.25, -0.2) is 0 Å². The molecule has 0 fully saturated rings. The van der Waals surface area contributed by atoms with Crippen molar-refractivity contribution >= 4 is 43.2 Å². The van der Waals surface area contributed by atoms with Crippen molar-refractivity contribution in [3.8, 4) is 0 Å². The molecule has 0 bridgehead atoms. The molecule has 15 heavy (non-hydrogen) atoms. The third-order valence-electron chi connectivity index (χ3n) is 2.16. The standard InChI is InChI=1S/C11H10Br2OS/c1-2-7-3-4-9(14-7)10(13)11-8(12)5-6-15-11/h3-6,10H,2H2,1H3. The Bertz CT molecular complexity index is 447. The van der Waals surface area contributed by atoms with Crippen LogP contribution in [-0.4, -0.2) is 0 Å². The molecular weight excluding hydrogens is 340 g/mol. The first kappa shape index (κ1) is 11.4. The van der Waals surface area contributed by atoms with Crippen molar-refractivity contribution in [2.75, 3.05) is 0 Å². The van der Waals surface area contributed by atoms with Gasteiger partial charge >= 0.3 is 0 Å². The largest absolute Gasteiger partial charge is 0.465 e. The molecule has 2 aromatic rings. The Morgan fingerprint density at radius 1 is 1.40 bits per heavy atom. The minimum absolute atomic E-state index is 0.146. The van der Waals surface area contributed by atoms with Crippen LogP contribution in [0.3, 0.4) is 0 Å². The molecule has 0 aliphatic carbocycles. The van der Waals surface area contributed by atoms with Crippen molar-refractivity contribution < 1.29 is 4.42 Å². The van der Waals surface area contributed by atoms with Gasteiger partial charge in [-0.1, -0.05) is 22.9 Å². The summed E-state index contributed by atoms with van der Waals surface area (Å²) in [6.07, 6.45) is 0.936. The van der Waals surface area contributed by atoms with Gasteiger partial charge in [0.25, 0.3) is 0 Å². The van der Waals surface area contributed by atoms with E-state index < -0.39 is 0 Å². The monoisotopic (exact) mass is 348 g/mol. The molecule has 1 unspecified atom stereocenters. The van der Waals surface area contributed by atoms with Crippen LogP contribution >= 0.6 is 43.2 Å². The lowest BCUT2D eigenvalue weighted by Crippen LogP contribution is -1.87. The fraction of sp³-hybridized carbons (Fsp3) is 0.273. The van der Waals surface area contributed by atoms with Crippen LogP contribution < -0.4 is 0 Å². The minimum Gasteiger partial charge on any atom is -0.465 e. The SMILES string of the molecule is CCc1ccc(C(Br)c2sccc2Br)o1. The molecule has 80 valence electrons. The first-order valence-electron chi connectivity index (χ1n) is 4.68. The highest BCUT2D eigenvalue weighted by molar-refractivity contribution is 9.11. The zero-order chi connectivity index (χ0) is 10.8. The predicted molar refractivity (Wildman–Crippen MR) is 70.9 cm³/mol. The fourth-order valence-corrected chi connectivity index (χ4v) is 4.04. The van der Waals surface area contributed by atoms with Gasteiger partial charge in [0.2, 0.25) is 0 Å². The Kier molecular flexibility index (Phi) is 3.69. The van der Waals surface area contributed by atoms with Gasteiger partial charge in [0, 0.05) is 15.8 Å². The molecular formula is C11H10Br2OS. The fourth-order valence-electron chi connectivity index (χ4n) is 1.34. The van der Waals surface area contributed by atoms with Crippen LogP contribution in [0.1, 0.15) is 28.1 Å². The molecule has 2 aromatic heterocycles. The molecule has 0 aliphatic rings. The van der Waals surface area contributed by atoms with Gasteiger partial charge in [0.15, 0.2) is 0 Å². The normalized spacial score (nSPS) is 13.0. The van der Waals surface area contributed by atoms with Crippen molar-refractivity contribution in [1.29, 1.82) is 0 Å². The first-order valence-corrected chi connectivity index (χ1v) is 7.26. The van der Waals surface area contributed by atoms with Gasteiger partial charge in [-0.15, -0.1) is 11.3 Å². The second kappa shape index (κ2) is 4.85. The van der Waals surface area contributed by atoms with Crippen LogP contribution in [0.4, 0.5) is 0 Å². The van der Waals surface area contributed by atoms with E-state index >= 15 is 0 Å². The summed E-state index contributed by atoms with van der Waals surface area (Å²) >= 11 is 8.90. The number of hydrogen-bond donors (Lipinski definition) is 0. The van der Waals surface area contributed by atoms with E-state index in [0.717, 1.165) is 22.4 Å². The second-order valence-electron chi connectivity index (χ2n) is 3.15. The quantitative estimate of drug-likeness (QED) is 0.698. The highest BCUT2D eigenvalue weighted by Crippen LogP contribution is 2.39. The number of aryl methyl sites for hydroxylation is 1. The Labute approximate surface area is 110 Å². The van der Waals surface area contributed by atoms with Gasteiger partial charge in [0.05, 0.1) is 0 Å². The zero-order valence-corrected chi connectivity index (χ0v) is 12.2. The molecule has 4 heteroatoms. The highest BCUT2D eigenvalue weighted by Gasteiger charge is 2.18. The molecule has 0 saturated carbocycles. The summed E-state index contributed by atoms with van der Waals surface area (Å²) in [7, 11) is 0. The average molecular weight is 350 g/mol. The number of furan rings is 1.